The molecule has 0 bridgehead atoms. The van der Waals surface area contributed by atoms with Crippen LogP contribution in [0.4, 0.5) is 4.39 Å². The highest BCUT2D eigenvalue weighted by Gasteiger charge is 2.62. The van der Waals surface area contributed by atoms with Crippen molar-refractivity contribution in [1.82, 2.24) is 10.2 Å². The van der Waals surface area contributed by atoms with Crippen molar-refractivity contribution in [3.8, 4) is 0 Å². The van der Waals surface area contributed by atoms with Gasteiger partial charge in [-0.3, -0.25) is 10.1 Å². The molecule has 3 fully saturated rings. The van der Waals surface area contributed by atoms with Crippen molar-refractivity contribution < 1.29 is 9.18 Å². The minimum absolute atomic E-state index is 0.152. The molecule has 1 aromatic rings. The van der Waals surface area contributed by atoms with Gasteiger partial charge < -0.3 is 4.90 Å². The average molecular weight is 260 g/mol. The third kappa shape index (κ3) is 1.62. The van der Waals surface area contributed by atoms with Gasteiger partial charge in [0.2, 0.25) is 5.91 Å². The molecule has 3 aliphatic rings. The van der Waals surface area contributed by atoms with E-state index in [-0.39, 0.29) is 23.4 Å². The van der Waals surface area contributed by atoms with E-state index in [0.717, 1.165) is 24.8 Å². The van der Waals surface area contributed by atoms with Gasteiger partial charge in [0, 0.05) is 6.04 Å². The summed E-state index contributed by atoms with van der Waals surface area (Å²) in [6.45, 7) is 2.17. The fraction of sp³-hybridized carbons (Fsp3) is 0.533. The van der Waals surface area contributed by atoms with Gasteiger partial charge in [-0.25, -0.2) is 4.39 Å². The number of hydrogen-bond donors (Lipinski definition) is 1. The molecule has 1 N–H and O–H groups in total. The van der Waals surface area contributed by atoms with Crippen LogP contribution in [0.15, 0.2) is 24.3 Å². The summed E-state index contributed by atoms with van der Waals surface area (Å²) in [4.78, 5) is 14.5. The fourth-order valence-electron chi connectivity index (χ4n) is 3.19. The summed E-state index contributed by atoms with van der Waals surface area (Å²) in [6.07, 6.45) is 2.74. The lowest BCUT2D eigenvalue weighted by molar-refractivity contribution is -0.131. The minimum atomic E-state index is -0.334. The molecule has 19 heavy (non-hydrogen) atoms. The zero-order chi connectivity index (χ0) is 13.2. The van der Waals surface area contributed by atoms with Crippen molar-refractivity contribution in [3.05, 3.63) is 35.6 Å². The number of carbonyl (C=O) groups excluding carboxylic acids is 1. The van der Waals surface area contributed by atoms with Gasteiger partial charge >= 0.3 is 0 Å². The molecule has 4 rings (SSSR count). The topological polar surface area (TPSA) is 32.3 Å². The van der Waals surface area contributed by atoms with E-state index in [4.69, 9.17) is 0 Å². The summed E-state index contributed by atoms with van der Waals surface area (Å²) < 4.78 is 13.4. The van der Waals surface area contributed by atoms with Crippen molar-refractivity contribution in [2.75, 3.05) is 0 Å². The van der Waals surface area contributed by atoms with Crippen molar-refractivity contribution in [3.63, 3.8) is 0 Å². The standard InChI is InChI=1S/C15H17FN2O/c1-9-7-12(9)18-13(10-3-2-4-11(16)8-10)17-15(5-6-15)14(18)19/h2-4,8-9,12-13,17H,5-7H2,1H3. The summed E-state index contributed by atoms with van der Waals surface area (Å²) >= 11 is 0. The largest absolute Gasteiger partial charge is 0.318 e. The Bertz CT molecular complexity index is 555. The third-order valence-electron chi connectivity index (χ3n) is 4.67. The first-order valence-electron chi connectivity index (χ1n) is 6.97. The molecule has 2 saturated carbocycles. The third-order valence-corrected chi connectivity index (χ3v) is 4.67. The Morgan fingerprint density at radius 1 is 1.42 bits per heavy atom. The van der Waals surface area contributed by atoms with Gasteiger partial charge in [0.05, 0.1) is 0 Å². The number of benzene rings is 1. The van der Waals surface area contributed by atoms with E-state index in [9.17, 15) is 9.18 Å². The molecule has 1 heterocycles. The number of nitrogens with zero attached hydrogens (tertiary/aromatic N) is 1. The normalized spacial score (nSPS) is 34.9. The van der Waals surface area contributed by atoms with Gasteiger partial charge in [0.15, 0.2) is 0 Å². The van der Waals surface area contributed by atoms with E-state index >= 15 is 0 Å². The van der Waals surface area contributed by atoms with E-state index in [0.29, 0.717) is 12.0 Å². The summed E-state index contributed by atoms with van der Waals surface area (Å²) in [5.74, 6) is 0.541. The van der Waals surface area contributed by atoms with Gasteiger partial charge in [-0.1, -0.05) is 19.1 Å². The second-order valence-corrected chi connectivity index (χ2v) is 6.18. The predicted octanol–water partition coefficient (Wildman–Crippen LogP) is 2.20. The second kappa shape index (κ2) is 3.57. The molecule has 3 nitrogen and oxygen atoms in total. The highest BCUT2D eigenvalue weighted by atomic mass is 19.1. The van der Waals surface area contributed by atoms with E-state index in [2.05, 4.69) is 12.2 Å². The number of hydrogen-bond acceptors (Lipinski definition) is 2. The quantitative estimate of drug-likeness (QED) is 0.884. The summed E-state index contributed by atoms with van der Waals surface area (Å²) in [7, 11) is 0. The maximum absolute atomic E-state index is 13.4. The highest BCUT2D eigenvalue weighted by Crippen LogP contribution is 2.51. The molecular weight excluding hydrogens is 243 g/mol. The van der Waals surface area contributed by atoms with Crippen molar-refractivity contribution >= 4 is 5.91 Å². The molecular formula is C15H17FN2O. The van der Waals surface area contributed by atoms with Crippen molar-refractivity contribution in [1.29, 1.82) is 0 Å². The first-order valence-corrected chi connectivity index (χ1v) is 6.97. The number of carbonyl (C=O) groups is 1. The number of rotatable bonds is 2. The van der Waals surface area contributed by atoms with E-state index in [1.807, 2.05) is 11.0 Å². The first kappa shape index (κ1) is 11.4. The highest BCUT2D eigenvalue weighted by molar-refractivity contribution is 5.92. The van der Waals surface area contributed by atoms with E-state index in [1.54, 1.807) is 6.07 Å². The zero-order valence-electron chi connectivity index (χ0n) is 10.9. The molecule has 1 spiro atoms. The number of nitrogens with one attached hydrogen (secondary N) is 1. The summed E-state index contributed by atoms with van der Waals surface area (Å²) in [5.41, 5.74) is 0.524. The Kier molecular flexibility index (Phi) is 2.14. The van der Waals surface area contributed by atoms with Gasteiger partial charge in [-0.15, -0.1) is 0 Å². The SMILES string of the molecule is CC1CC1N1C(=O)C2(CC2)NC1c1cccc(F)c1. The lowest BCUT2D eigenvalue weighted by Gasteiger charge is -2.24. The maximum Gasteiger partial charge on any atom is 0.244 e. The number of amides is 1. The molecule has 1 aromatic carbocycles. The lowest BCUT2D eigenvalue weighted by Crippen LogP contribution is -2.34. The van der Waals surface area contributed by atoms with Crippen molar-refractivity contribution in [2.45, 2.75) is 43.9 Å². The van der Waals surface area contributed by atoms with Crippen LogP contribution in [0.2, 0.25) is 0 Å². The monoisotopic (exact) mass is 260 g/mol. The smallest absolute Gasteiger partial charge is 0.244 e. The lowest BCUT2D eigenvalue weighted by atomic mass is 10.1. The molecule has 1 saturated heterocycles. The Morgan fingerprint density at radius 3 is 2.74 bits per heavy atom. The molecule has 3 unspecified atom stereocenters. The molecule has 4 heteroatoms. The van der Waals surface area contributed by atoms with Gasteiger partial charge in [-0.2, -0.15) is 0 Å². The van der Waals surface area contributed by atoms with E-state index < -0.39 is 0 Å². The molecule has 100 valence electrons. The van der Waals surface area contributed by atoms with Gasteiger partial charge in [0.25, 0.3) is 0 Å². The Balaban J connectivity index is 1.71. The Hall–Kier alpha value is -1.42. The first-order chi connectivity index (χ1) is 9.11. The Labute approximate surface area is 111 Å². The summed E-state index contributed by atoms with van der Waals surface area (Å²) in [5, 5.41) is 3.44. The molecule has 0 aromatic heterocycles. The zero-order valence-corrected chi connectivity index (χ0v) is 10.9. The van der Waals surface area contributed by atoms with Crippen LogP contribution >= 0.6 is 0 Å². The van der Waals surface area contributed by atoms with Crippen LogP contribution in [0.1, 0.15) is 37.9 Å². The van der Waals surface area contributed by atoms with Gasteiger partial charge in [-0.05, 0) is 42.9 Å². The number of halogens is 1. The van der Waals surface area contributed by atoms with Crippen LogP contribution in [0, 0.1) is 11.7 Å². The molecule has 0 radical (unpaired) electrons. The van der Waals surface area contributed by atoms with Gasteiger partial charge in [0.1, 0.15) is 17.5 Å². The maximum atomic E-state index is 13.4. The van der Waals surface area contributed by atoms with Crippen LogP contribution < -0.4 is 5.32 Å². The van der Waals surface area contributed by atoms with Crippen LogP contribution in [0.5, 0.6) is 0 Å². The summed E-state index contributed by atoms with van der Waals surface area (Å²) in [6, 6.07) is 6.91. The van der Waals surface area contributed by atoms with E-state index in [1.165, 1.54) is 12.1 Å². The molecule has 2 aliphatic carbocycles. The van der Waals surface area contributed by atoms with Crippen LogP contribution in [0.3, 0.4) is 0 Å². The second-order valence-electron chi connectivity index (χ2n) is 6.18. The fourth-order valence-corrected chi connectivity index (χ4v) is 3.19. The molecule has 1 amide bonds. The van der Waals surface area contributed by atoms with Crippen LogP contribution in [0.25, 0.3) is 0 Å². The average Bonchev–Trinajstić information content (AvgIpc) is 3.26. The van der Waals surface area contributed by atoms with Crippen molar-refractivity contribution in [2.24, 2.45) is 5.92 Å². The molecule has 1 aliphatic heterocycles. The minimum Gasteiger partial charge on any atom is -0.318 e. The van der Waals surface area contributed by atoms with Crippen LogP contribution in [-0.2, 0) is 4.79 Å². The van der Waals surface area contributed by atoms with Crippen LogP contribution in [-0.4, -0.2) is 22.4 Å². The predicted molar refractivity (Wildman–Crippen MR) is 68.7 cm³/mol. The Morgan fingerprint density at radius 2 is 2.16 bits per heavy atom. The molecule has 3 atom stereocenters.